The van der Waals surface area contributed by atoms with Crippen molar-refractivity contribution in [2.45, 2.75) is 32.3 Å². The Morgan fingerprint density at radius 3 is 2.68 bits per heavy atom. The number of allylic oxidation sites excluding steroid dienone is 1. The fourth-order valence-electron chi connectivity index (χ4n) is 3.66. The van der Waals surface area contributed by atoms with E-state index in [1.165, 1.54) is 0 Å². The average Bonchev–Trinajstić information content (AvgIpc) is 3.05. The van der Waals surface area contributed by atoms with E-state index in [-0.39, 0.29) is 36.3 Å². The van der Waals surface area contributed by atoms with Gasteiger partial charge >= 0.3 is 11.9 Å². The van der Waals surface area contributed by atoms with E-state index in [0.29, 0.717) is 6.42 Å². The van der Waals surface area contributed by atoms with Gasteiger partial charge in [0, 0.05) is 12.3 Å². The highest BCUT2D eigenvalue weighted by Gasteiger charge is 2.53. The van der Waals surface area contributed by atoms with Gasteiger partial charge in [0.15, 0.2) is 12.6 Å². The van der Waals surface area contributed by atoms with Gasteiger partial charge in [0.1, 0.15) is 0 Å². The molecule has 0 spiro atoms. The van der Waals surface area contributed by atoms with Crippen molar-refractivity contribution >= 4 is 11.9 Å². The summed E-state index contributed by atoms with van der Waals surface area (Å²) in [5.74, 6) is -1.20. The minimum absolute atomic E-state index is 0.165. The van der Waals surface area contributed by atoms with Crippen molar-refractivity contribution in [3.63, 3.8) is 0 Å². The molecule has 6 atom stereocenters. The number of carbonyl (C=O) groups excluding carboxylic acids is 2. The number of esters is 2. The Morgan fingerprint density at radius 1 is 1.16 bits per heavy atom. The zero-order valence-electron chi connectivity index (χ0n) is 10.4. The summed E-state index contributed by atoms with van der Waals surface area (Å²) < 4.78 is 10.2. The molecule has 4 rings (SSSR count). The maximum Gasteiger partial charge on any atom is 0.321 e. The average molecular weight is 266 g/mol. The van der Waals surface area contributed by atoms with Crippen molar-refractivity contribution in [2.75, 3.05) is 0 Å². The number of hydrogen-bond donors (Lipinski definition) is 0. The number of hydrogen-bond acceptors (Lipinski definition) is 6. The normalized spacial score (nSPS) is 48.2. The van der Waals surface area contributed by atoms with Crippen molar-refractivity contribution < 1.29 is 28.8 Å². The molecule has 0 amide bonds. The first-order valence-electron chi connectivity index (χ1n) is 6.55. The zero-order chi connectivity index (χ0) is 13.1. The van der Waals surface area contributed by atoms with Gasteiger partial charge in [-0.1, -0.05) is 11.6 Å². The van der Waals surface area contributed by atoms with Gasteiger partial charge in [-0.15, -0.1) is 0 Å². The molecule has 4 aliphatic rings. The van der Waals surface area contributed by atoms with E-state index in [1.54, 1.807) is 0 Å². The maximum absolute atomic E-state index is 11.7. The van der Waals surface area contributed by atoms with Crippen LogP contribution in [-0.4, -0.2) is 24.5 Å². The quantitative estimate of drug-likeness (QED) is 0.304. The molecule has 19 heavy (non-hydrogen) atoms. The Hall–Kier alpha value is -1.24. The summed E-state index contributed by atoms with van der Waals surface area (Å²) in [4.78, 5) is 33.4. The van der Waals surface area contributed by atoms with Crippen LogP contribution in [0.5, 0.6) is 0 Å². The molecule has 0 aromatic carbocycles. The fourth-order valence-corrected chi connectivity index (χ4v) is 3.66. The van der Waals surface area contributed by atoms with Crippen LogP contribution >= 0.6 is 0 Å². The highest BCUT2D eigenvalue weighted by atomic mass is 17.3. The third kappa shape index (κ3) is 1.60. The summed E-state index contributed by atoms with van der Waals surface area (Å²) in [6.45, 7) is 1.88. The Balaban J connectivity index is 1.61. The Morgan fingerprint density at radius 2 is 2.00 bits per heavy atom. The third-order valence-electron chi connectivity index (χ3n) is 4.56. The van der Waals surface area contributed by atoms with Gasteiger partial charge in [-0.2, -0.15) is 0 Å². The lowest BCUT2D eigenvalue weighted by Crippen LogP contribution is -2.34. The van der Waals surface area contributed by atoms with Crippen molar-refractivity contribution in [1.29, 1.82) is 0 Å². The lowest BCUT2D eigenvalue weighted by atomic mass is 9.71. The molecule has 3 fully saturated rings. The molecular weight excluding hydrogens is 252 g/mol. The van der Waals surface area contributed by atoms with Crippen LogP contribution in [0, 0.1) is 23.7 Å². The Kier molecular flexibility index (Phi) is 2.36. The van der Waals surface area contributed by atoms with Crippen LogP contribution in [0.15, 0.2) is 11.6 Å². The molecule has 0 N–H and O–H groups in total. The zero-order valence-corrected chi connectivity index (χ0v) is 10.4. The van der Waals surface area contributed by atoms with Gasteiger partial charge in [0.2, 0.25) is 0 Å². The molecule has 6 unspecified atom stereocenters. The first-order valence-corrected chi connectivity index (χ1v) is 6.55. The van der Waals surface area contributed by atoms with E-state index in [9.17, 15) is 9.59 Å². The van der Waals surface area contributed by atoms with Crippen LogP contribution in [0.2, 0.25) is 0 Å². The molecule has 3 heterocycles. The lowest BCUT2D eigenvalue weighted by molar-refractivity contribution is -0.330. The first-order chi connectivity index (χ1) is 9.13. The summed E-state index contributed by atoms with van der Waals surface area (Å²) in [5.41, 5.74) is 0.917. The molecule has 102 valence electrons. The fraction of sp³-hybridized carbons (Fsp3) is 0.692. The van der Waals surface area contributed by atoms with E-state index in [2.05, 4.69) is 6.08 Å². The molecule has 3 saturated heterocycles. The monoisotopic (exact) mass is 266 g/mol. The molecular formula is C13H14O6. The predicted octanol–water partition coefficient (Wildman–Crippen LogP) is 0.919. The van der Waals surface area contributed by atoms with Crippen LogP contribution in [0.25, 0.3) is 0 Å². The minimum Gasteiger partial charge on any atom is -0.392 e. The van der Waals surface area contributed by atoms with E-state index >= 15 is 0 Å². The van der Waals surface area contributed by atoms with Crippen molar-refractivity contribution in [3.8, 4) is 0 Å². The molecule has 0 aromatic rings. The van der Waals surface area contributed by atoms with Gasteiger partial charge in [0.25, 0.3) is 0 Å². The topological polar surface area (TPSA) is 71.1 Å². The maximum atomic E-state index is 11.7. The van der Waals surface area contributed by atoms with Crippen LogP contribution in [-0.2, 0) is 28.8 Å². The molecule has 6 heteroatoms. The lowest BCUT2D eigenvalue weighted by Gasteiger charge is -2.31. The van der Waals surface area contributed by atoms with Crippen molar-refractivity contribution in [1.82, 2.24) is 0 Å². The largest absolute Gasteiger partial charge is 0.392 e. The second-order valence-electron chi connectivity index (χ2n) is 5.66. The number of carbonyl (C=O) groups is 2. The summed E-state index contributed by atoms with van der Waals surface area (Å²) in [6, 6.07) is 0. The smallest absolute Gasteiger partial charge is 0.321 e. The standard InChI is InChI=1S/C13H14O6/c1-5-2-6(7-4-9-16-13(7)19-18-9)3-8-10(5)12(15)17-11(8)14/h2,6-10,13H,3-4H2,1H3. The van der Waals surface area contributed by atoms with E-state index in [1.807, 2.05) is 6.92 Å². The summed E-state index contributed by atoms with van der Waals surface area (Å²) in [6.07, 6.45) is 2.80. The summed E-state index contributed by atoms with van der Waals surface area (Å²) in [7, 11) is 0. The molecule has 3 aliphatic heterocycles. The van der Waals surface area contributed by atoms with E-state index in [4.69, 9.17) is 19.2 Å². The number of fused-ring (bicyclic) bond motifs is 3. The molecule has 1 aliphatic carbocycles. The Bertz CT molecular complexity index is 484. The SMILES string of the molecule is CC1=CC(C2CC3OOC2O3)CC2C(=O)OC(=O)C12. The van der Waals surface area contributed by atoms with Gasteiger partial charge in [0.05, 0.1) is 11.8 Å². The van der Waals surface area contributed by atoms with Crippen LogP contribution in [0.1, 0.15) is 19.8 Å². The van der Waals surface area contributed by atoms with Gasteiger partial charge in [-0.25, -0.2) is 9.78 Å². The second-order valence-corrected chi connectivity index (χ2v) is 5.66. The number of ether oxygens (including phenoxy) is 2. The molecule has 0 saturated carbocycles. The highest BCUT2D eigenvalue weighted by molar-refractivity contribution is 5.98. The van der Waals surface area contributed by atoms with E-state index in [0.717, 1.165) is 12.0 Å². The number of cyclic esters (lactones) is 2. The minimum atomic E-state index is -0.411. The predicted molar refractivity (Wildman–Crippen MR) is 58.9 cm³/mol. The van der Waals surface area contributed by atoms with E-state index < -0.39 is 11.9 Å². The summed E-state index contributed by atoms with van der Waals surface area (Å²) in [5, 5.41) is 0. The van der Waals surface area contributed by atoms with Crippen LogP contribution in [0.3, 0.4) is 0 Å². The third-order valence-corrected chi connectivity index (χ3v) is 4.56. The molecule has 6 nitrogen and oxygen atoms in total. The first kappa shape index (κ1) is 11.6. The molecule has 0 aromatic heterocycles. The van der Waals surface area contributed by atoms with Crippen molar-refractivity contribution in [3.05, 3.63) is 11.6 Å². The van der Waals surface area contributed by atoms with Gasteiger partial charge in [-0.3, -0.25) is 9.59 Å². The van der Waals surface area contributed by atoms with Gasteiger partial charge in [-0.05, 0) is 19.3 Å². The van der Waals surface area contributed by atoms with Crippen LogP contribution in [0.4, 0.5) is 0 Å². The summed E-state index contributed by atoms with van der Waals surface area (Å²) >= 11 is 0. The molecule has 2 bridgehead atoms. The Labute approximate surface area is 109 Å². The highest BCUT2D eigenvalue weighted by Crippen LogP contribution is 2.47. The second kappa shape index (κ2) is 3.88. The number of rotatable bonds is 1. The van der Waals surface area contributed by atoms with Gasteiger partial charge < -0.3 is 9.47 Å². The van der Waals surface area contributed by atoms with Crippen molar-refractivity contribution in [2.24, 2.45) is 23.7 Å². The van der Waals surface area contributed by atoms with Crippen LogP contribution < -0.4 is 0 Å². The molecule has 0 radical (unpaired) electrons.